The number of halogens is 1. The number of thiophene rings is 1. The Hall–Kier alpha value is -1.19. The molecule has 1 aromatic heterocycles. The summed E-state index contributed by atoms with van der Waals surface area (Å²) in [5, 5.41) is 7.72. The van der Waals surface area contributed by atoms with Crippen molar-refractivity contribution in [3.63, 3.8) is 0 Å². The van der Waals surface area contributed by atoms with Crippen molar-refractivity contribution in [2.24, 2.45) is 0 Å². The molecule has 0 aliphatic rings. The van der Waals surface area contributed by atoms with Crippen molar-refractivity contribution >= 4 is 11.3 Å². The number of likely N-dealkylation sites (N-methyl/N-ethyl adjacent to an activating group) is 1. The van der Waals surface area contributed by atoms with Crippen molar-refractivity contribution < 1.29 is 4.39 Å². The molecule has 0 radical (unpaired) electrons. The Morgan fingerprint density at radius 1 is 1.33 bits per heavy atom. The maximum Gasteiger partial charge on any atom is 0.126 e. The number of benzene rings is 1. The van der Waals surface area contributed by atoms with E-state index >= 15 is 0 Å². The van der Waals surface area contributed by atoms with Gasteiger partial charge in [-0.15, -0.1) is 0 Å². The molecule has 0 spiro atoms. The fraction of sp³-hybridized carbons (Fsp3) is 0.333. The van der Waals surface area contributed by atoms with Gasteiger partial charge >= 0.3 is 0 Å². The summed E-state index contributed by atoms with van der Waals surface area (Å²) < 4.78 is 13.3. The van der Waals surface area contributed by atoms with Crippen LogP contribution in [-0.4, -0.2) is 6.54 Å². The summed E-state index contributed by atoms with van der Waals surface area (Å²) in [6.07, 6.45) is 0.947. The highest BCUT2D eigenvalue weighted by molar-refractivity contribution is 7.07. The number of hydrogen-bond donors (Lipinski definition) is 1. The average molecular weight is 263 g/mol. The van der Waals surface area contributed by atoms with E-state index in [2.05, 4.69) is 29.1 Å². The van der Waals surface area contributed by atoms with E-state index in [0.717, 1.165) is 18.5 Å². The Labute approximate surface area is 112 Å². The molecule has 1 N–H and O–H groups in total. The zero-order valence-corrected chi connectivity index (χ0v) is 11.6. The van der Waals surface area contributed by atoms with Crippen LogP contribution in [0.2, 0.25) is 0 Å². The molecule has 0 bridgehead atoms. The normalized spacial score (nSPS) is 12.6. The fourth-order valence-corrected chi connectivity index (χ4v) is 2.76. The molecule has 96 valence electrons. The van der Waals surface area contributed by atoms with Gasteiger partial charge in [-0.1, -0.05) is 19.1 Å². The smallest absolute Gasteiger partial charge is 0.126 e. The summed E-state index contributed by atoms with van der Waals surface area (Å²) in [5.41, 5.74) is 3.19. The highest BCUT2D eigenvalue weighted by Crippen LogP contribution is 2.22. The predicted molar refractivity (Wildman–Crippen MR) is 75.6 cm³/mol. The van der Waals surface area contributed by atoms with Crippen LogP contribution in [-0.2, 0) is 6.42 Å². The Morgan fingerprint density at radius 2 is 2.17 bits per heavy atom. The Balaban J connectivity index is 2.20. The summed E-state index contributed by atoms with van der Waals surface area (Å²) in [7, 11) is 0. The minimum atomic E-state index is -0.135. The standard InChI is InChI=1S/C15H18FNS/c1-3-17-15(9-12-6-7-18-10-12)13-4-5-14(16)11(2)8-13/h4-8,10,15,17H,3,9H2,1-2H3. The van der Waals surface area contributed by atoms with Crippen molar-refractivity contribution in [3.8, 4) is 0 Å². The number of hydrogen-bond acceptors (Lipinski definition) is 2. The van der Waals surface area contributed by atoms with Crippen LogP contribution in [0.5, 0.6) is 0 Å². The number of aryl methyl sites for hydroxylation is 1. The van der Waals surface area contributed by atoms with Gasteiger partial charge in [0, 0.05) is 6.04 Å². The van der Waals surface area contributed by atoms with Crippen molar-refractivity contribution in [2.45, 2.75) is 26.3 Å². The molecule has 18 heavy (non-hydrogen) atoms. The Bertz CT molecular complexity index is 493. The summed E-state index contributed by atoms with van der Waals surface area (Å²) in [6.45, 7) is 4.81. The molecule has 0 aliphatic carbocycles. The van der Waals surface area contributed by atoms with Gasteiger partial charge in [0.15, 0.2) is 0 Å². The first-order chi connectivity index (χ1) is 8.70. The van der Waals surface area contributed by atoms with Gasteiger partial charge in [0.05, 0.1) is 0 Å². The molecule has 3 heteroatoms. The van der Waals surface area contributed by atoms with Crippen LogP contribution >= 0.6 is 11.3 Å². The zero-order valence-electron chi connectivity index (χ0n) is 10.7. The molecule has 1 atom stereocenters. The van der Waals surface area contributed by atoms with E-state index in [1.54, 1.807) is 17.4 Å². The zero-order chi connectivity index (χ0) is 13.0. The van der Waals surface area contributed by atoms with Crippen molar-refractivity contribution in [1.82, 2.24) is 5.32 Å². The molecule has 1 unspecified atom stereocenters. The molecule has 1 heterocycles. The lowest BCUT2D eigenvalue weighted by Crippen LogP contribution is -2.23. The quantitative estimate of drug-likeness (QED) is 0.856. The lowest BCUT2D eigenvalue weighted by molar-refractivity contribution is 0.547. The van der Waals surface area contributed by atoms with Crippen LogP contribution in [0.15, 0.2) is 35.0 Å². The van der Waals surface area contributed by atoms with Crippen LogP contribution in [0, 0.1) is 12.7 Å². The summed E-state index contributed by atoms with van der Waals surface area (Å²) in [5.74, 6) is -0.135. The van der Waals surface area contributed by atoms with Crippen molar-refractivity contribution in [1.29, 1.82) is 0 Å². The average Bonchev–Trinajstić information content (AvgIpc) is 2.85. The highest BCUT2D eigenvalue weighted by atomic mass is 32.1. The minimum absolute atomic E-state index is 0.135. The molecule has 0 aliphatic heterocycles. The number of nitrogens with one attached hydrogen (secondary N) is 1. The van der Waals surface area contributed by atoms with E-state index in [1.165, 1.54) is 5.56 Å². The summed E-state index contributed by atoms with van der Waals surface area (Å²) in [4.78, 5) is 0. The van der Waals surface area contributed by atoms with Crippen LogP contribution < -0.4 is 5.32 Å². The van der Waals surface area contributed by atoms with Crippen LogP contribution in [0.3, 0.4) is 0 Å². The van der Waals surface area contributed by atoms with Gasteiger partial charge < -0.3 is 5.32 Å². The van der Waals surface area contributed by atoms with Gasteiger partial charge in [-0.05, 0) is 59.5 Å². The van der Waals surface area contributed by atoms with E-state index in [9.17, 15) is 4.39 Å². The van der Waals surface area contributed by atoms with Crippen LogP contribution in [0.4, 0.5) is 4.39 Å². The second-order valence-corrected chi connectivity index (χ2v) is 5.23. The van der Waals surface area contributed by atoms with E-state index in [-0.39, 0.29) is 11.9 Å². The lowest BCUT2D eigenvalue weighted by atomic mass is 9.98. The molecular weight excluding hydrogens is 245 g/mol. The van der Waals surface area contributed by atoms with Gasteiger partial charge in [0.2, 0.25) is 0 Å². The van der Waals surface area contributed by atoms with E-state index in [0.29, 0.717) is 5.56 Å². The lowest BCUT2D eigenvalue weighted by Gasteiger charge is -2.18. The maximum absolute atomic E-state index is 13.3. The van der Waals surface area contributed by atoms with E-state index in [4.69, 9.17) is 0 Å². The third-order valence-electron chi connectivity index (χ3n) is 3.05. The van der Waals surface area contributed by atoms with Gasteiger partial charge in [-0.25, -0.2) is 4.39 Å². The van der Waals surface area contributed by atoms with Crippen molar-refractivity contribution in [3.05, 3.63) is 57.5 Å². The monoisotopic (exact) mass is 263 g/mol. The SMILES string of the molecule is CCNC(Cc1ccsc1)c1ccc(F)c(C)c1. The third-order valence-corrected chi connectivity index (χ3v) is 3.79. The molecule has 0 saturated heterocycles. The first-order valence-electron chi connectivity index (χ1n) is 6.21. The minimum Gasteiger partial charge on any atom is -0.310 e. The second-order valence-electron chi connectivity index (χ2n) is 4.45. The first kappa shape index (κ1) is 13.2. The topological polar surface area (TPSA) is 12.0 Å². The largest absolute Gasteiger partial charge is 0.310 e. The number of rotatable bonds is 5. The van der Waals surface area contributed by atoms with Gasteiger partial charge in [0.1, 0.15) is 5.82 Å². The maximum atomic E-state index is 13.3. The molecule has 0 amide bonds. The summed E-state index contributed by atoms with van der Waals surface area (Å²) in [6, 6.07) is 7.77. The third kappa shape index (κ3) is 3.18. The van der Waals surface area contributed by atoms with Crippen LogP contribution in [0.25, 0.3) is 0 Å². The molecule has 1 nitrogen and oxygen atoms in total. The molecule has 0 fully saturated rings. The summed E-state index contributed by atoms with van der Waals surface area (Å²) >= 11 is 1.71. The first-order valence-corrected chi connectivity index (χ1v) is 7.15. The highest BCUT2D eigenvalue weighted by Gasteiger charge is 2.12. The van der Waals surface area contributed by atoms with Gasteiger partial charge in [-0.3, -0.25) is 0 Å². The Kier molecular flexibility index (Phi) is 4.50. The van der Waals surface area contributed by atoms with Gasteiger partial charge in [-0.2, -0.15) is 11.3 Å². The van der Waals surface area contributed by atoms with Crippen molar-refractivity contribution in [2.75, 3.05) is 6.54 Å². The van der Waals surface area contributed by atoms with E-state index < -0.39 is 0 Å². The molecule has 1 aromatic carbocycles. The van der Waals surface area contributed by atoms with Crippen LogP contribution in [0.1, 0.15) is 29.7 Å². The molecule has 0 saturated carbocycles. The fourth-order valence-electron chi connectivity index (χ4n) is 2.08. The molecular formula is C15H18FNS. The predicted octanol–water partition coefficient (Wildman–Crippen LogP) is 4.09. The molecule has 2 rings (SSSR count). The van der Waals surface area contributed by atoms with Gasteiger partial charge in [0.25, 0.3) is 0 Å². The Morgan fingerprint density at radius 3 is 2.78 bits per heavy atom. The second kappa shape index (κ2) is 6.12. The van der Waals surface area contributed by atoms with E-state index in [1.807, 2.05) is 19.1 Å². The molecule has 2 aromatic rings.